The van der Waals surface area contributed by atoms with Crippen LogP contribution in [0.2, 0.25) is 0 Å². The van der Waals surface area contributed by atoms with Crippen molar-refractivity contribution in [2.75, 3.05) is 6.54 Å². The van der Waals surface area contributed by atoms with Crippen LogP contribution in [0, 0.1) is 29.6 Å². The van der Waals surface area contributed by atoms with Crippen molar-refractivity contribution in [3.63, 3.8) is 0 Å². The van der Waals surface area contributed by atoms with Crippen molar-refractivity contribution in [3.8, 4) is 0 Å². The van der Waals surface area contributed by atoms with Gasteiger partial charge in [-0.3, -0.25) is 4.79 Å². The third-order valence-electron chi connectivity index (χ3n) is 8.03. The SMILES string of the molecule is CC(C)(N)CNC(=O)CC1CC[C@]2(CC1)OO[C@]1(O2)C2CC3CC(C2)CC1C3. The maximum Gasteiger partial charge on any atom is 0.220 e. The molecule has 6 rings (SSSR count). The van der Waals surface area contributed by atoms with E-state index in [2.05, 4.69) is 5.32 Å². The Kier molecular flexibility index (Phi) is 4.59. The predicted octanol–water partition coefficient (Wildman–Crippen LogP) is 3.25. The largest absolute Gasteiger partial charge is 0.354 e. The highest BCUT2D eigenvalue weighted by atomic mass is 17.3. The van der Waals surface area contributed by atoms with Gasteiger partial charge in [0, 0.05) is 43.2 Å². The lowest BCUT2D eigenvalue weighted by Gasteiger charge is -2.57. The number of hydrogen-bond donors (Lipinski definition) is 2. The van der Waals surface area contributed by atoms with Crippen molar-refractivity contribution < 1.29 is 19.3 Å². The summed E-state index contributed by atoms with van der Waals surface area (Å²) >= 11 is 0. The molecule has 6 nitrogen and oxygen atoms in total. The Bertz CT molecular complexity index is 593. The third-order valence-corrected chi connectivity index (χ3v) is 8.03. The molecule has 4 bridgehead atoms. The summed E-state index contributed by atoms with van der Waals surface area (Å²) in [7, 11) is 0. The molecular weight excluding hydrogens is 356 g/mol. The maximum atomic E-state index is 12.2. The zero-order chi connectivity index (χ0) is 19.6. The first-order valence-corrected chi connectivity index (χ1v) is 11.4. The van der Waals surface area contributed by atoms with Crippen molar-refractivity contribution in [1.82, 2.24) is 5.32 Å². The van der Waals surface area contributed by atoms with Crippen molar-refractivity contribution in [1.29, 1.82) is 0 Å². The molecule has 6 heteroatoms. The Hall–Kier alpha value is -0.690. The molecule has 2 spiro atoms. The number of ether oxygens (including phenoxy) is 1. The van der Waals surface area contributed by atoms with Gasteiger partial charge in [-0.05, 0) is 76.5 Å². The van der Waals surface area contributed by atoms with Gasteiger partial charge in [0.15, 0.2) is 0 Å². The Morgan fingerprint density at radius 1 is 1.04 bits per heavy atom. The minimum Gasteiger partial charge on any atom is -0.354 e. The van der Waals surface area contributed by atoms with Crippen LogP contribution in [0.3, 0.4) is 0 Å². The first kappa shape index (κ1) is 19.3. The van der Waals surface area contributed by atoms with Crippen LogP contribution in [0.15, 0.2) is 0 Å². The summed E-state index contributed by atoms with van der Waals surface area (Å²) in [6.07, 6.45) is 10.5. The van der Waals surface area contributed by atoms with E-state index in [-0.39, 0.29) is 11.4 Å². The summed E-state index contributed by atoms with van der Waals surface area (Å²) in [4.78, 5) is 24.3. The molecule has 0 radical (unpaired) electrons. The molecule has 0 aromatic carbocycles. The molecule has 28 heavy (non-hydrogen) atoms. The normalized spacial score (nSPS) is 47.2. The molecule has 158 valence electrons. The molecular formula is C22H36N2O4. The summed E-state index contributed by atoms with van der Waals surface area (Å²) in [6.45, 7) is 4.36. The van der Waals surface area contributed by atoms with E-state index in [0.29, 0.717) is 30.7 Å². The molecule has 5 aliphatic carbocycles. The summed E-state index contributed by atoms with van der Waals surface area (Å²) < 4.78 is 6.74. The highest BCUT2D eigenvalue weighted by Crippen LogP contribution is 2.63. The monoisotopic (exact) mass is 392 g/mol. The molecule has 0 aromatic rings. The summed E-state index contributed by atoms with van der Waals surface area (Å²) in [5.74, 6) is 2.19. The average Bonchev–Trinajstić information content (AvgIpc) is 3.00. The molecule has 5 saturated carbocycles. The highest BCUT2D eigenvalue weighted by Gasteiger charge is 2.66. The van der Waals surface area contributed by atoms with E-state index in [0.717, 1.165) is 37.5 Å². The zero-order valence-corrected chi connectivity index (χ0v) is 17.4. The van der Waals surface area contributed by atoms with Crippen LogP contribution in [0.4, 0.5) is 0 Å². The number of carbonyl (C=O) groups excluding carboxylic acids is 1. The molecule has 6 fully saturated rings. The van der Waals surface area contributed by atoms with Crippen molar-refractivity contribution in [3.05, 3.63) is 0 Å². The van der Waals surface area contributed by atoms with Gasteiger partial charge in [-0.25, -0.2) is 0 Å². The first-order valence-electron chi connectivity index (χ1n) is 11.4. The fourth-order valence-electron chi connectivity index (χ4n) is 6.78. The van der Waals surface area contributed by atoms with Gasteiger partial charge < -0.3 is 15.8 Å². The van der Waals surface area contributed by atoms with E-state index in [1.807, 2.05) is 13.8 Å². The predicted molar refractivity (Wildman–Crippen MR) is 104 cm³/mol. The molecule has 0 aromatic heterocycles. The van der Waals surface area contributed by atoms with Gasteiger partial charge in [0.05, 0.1) is 0 Å². The molecule has 6 aliphatic rings. The van der Waals surface area contributed by atoms with Gasteiger partial charge in [-0.15, -0.1) is 0 Å². The molecule has 1 heterocycles. The van der Waals surface area contributed by atoms with Gasteiger partial charge in [0.2, 0.25) is 17.5 Å². The Labute approximate surface area is 168 Å². The third kappa shape index (κ3) is 3.40. The van der Waals surface area contributed by atoms with Gasteiger partial charge in [0.1, 0.15) is 0 Å². The topological polar surface area (TPSA) is 82.8 Å². The van der Waals surface area contributed by atoms with E-state index >= 15 is 0 Å². The quantitative estimate of drug-likeness (QED) is 0.718. The molecule has 0 unspecified atom stereocenters. The molecule has 1 saturated heterocycles. The molecule has 3 N–H and O–H groups in total. The maximum absolute atomic E-state index is 12.2. The van der Waals surface area contributed by atoms with Crippen molar-refractivity contribution >= 4 is 5.91 Å². The number of rotatable bonds is 4. The van der Waals surface area contributed by atoms with Gasteiger partial charge >= 0.3 is 0 Å². The van der Waals surface area contributed by atoms with E-state index < -0.39 is 11.6 Å². The van der Waals surface area contributed by atoms with Gasteiger partial charge in [0.25, 0.3) is 0 Å². The lowest BCUT2D eigenvalue weighted by Crippen LogP contribution is -2.59. The Morgan fingerprint density at radius 2 is 1.64 bits per heavy atom. The van der Waals surface area contributed by atoms with Gasteiger partial charge in [-0.1, -0.05) is 0 Å². The lowest BCUT2D eigenvalue weighted by atomic mass is 9.53. The number of hydrogen-bond acceptors (Lipinski definition) is 5. The Morgan fingerprint density at radius 3 is 2.21 bits per heavy atom. The molecule has 0 atom stereocenters. The smallest absolute Gasteiger partial charge is 0.220 e. The van der Waals surface area contributed by atoms with E-state index in [1.165, 1.54) is 32.1 Å². The van der Waals surface area contributed by atoms with E-state index in [1.54, 1.807) is 0 Å². The minimum absolute atomic E-state index is 0.0986. The first-order chi connectivity index (χ1) is 13.3. The lowest BCUT2D eigenvalue weighted by molar-refractivity contribution is -0.390. The van der Waals surface area contributed by atoms with E-state index in [9.17, 15) is 4.79 Å². The second kappa shape index (κ2) is 6.66. The van der Waals surface area contributed by atoms with Crippen LogP contribution >= 0.6 is 0 Å². The standard InChI is InChI=1S/C22H36N2O4/c1-20(2,23)13-24-19(25)12-14-3-5-21(6-4-14)26-22(28-27-21)17-8-15-7-16(10-17)11-18(22)9-15/h14-18H,3-13,23H2,1-2H3,(H,24,25)/t14?,15?,16?,17?,18?,21-,22-. The number of nitrogens with two attached hydrogens (primary N) is 1. The number of carbonyl (C=O) groups is 1. The highest BCUT2D eigenvalue weighted by molar-refractivity contribution is 5.76. The fourth-order valence-corrected chi connectivity index (χ4v) is 6.78. The van der Waals surface area contributed by atoms with Crippen LogP contribution in [0.5, 0.6) is 0 Å². The minimum atomic E-state index is -0.582. The number of nitrogens with one attached hydrogen (secondary N) is 1. The van der Waals surface area contributed by atoms with Crippen LogP contribution in [-0.4, -0.2) is 29.6 Å². The van der Waals surface area contributed by atoms with Crippen molar-refractivity contribution in [2.45, 2.75) is 95.2 Å². The van der Waals surface area contributed by atoms with Crippen LogP contribution in [0.1, 0.15) is 78.1 Å². The van der Waals surface area contributed by atoms with Crippen LogP contribution in [0.25, 0.3) is 0 Å². The summed E-state index contributed by atoms with van der Waals surface area (Å²) in [6, 6.07) is 0. The number of amides is 1. The average molecular weight is 393 g/mol. The Balaban J connectivity index is 1.16. The van der Waals surface area contributed by atoms with E-state index in [4.69, 9.17) is 20.2 Å². The van der Waals surface area contributed by atoms with Gasteiger partial charge in [-0.2, -0.15) is 9.78 Å². The van der Waals surface area contributed by atoms with Crippen molar-refractivity contribution in [2.24, 2.45) is 35.3 Å². The summed E-state index contributed by atoms with van der Waals surface area (Å²) in [5.41, 5.74) is 5.58. The second-order valence-corrected chi connectivity index (χ2v) is 11.1. The molecule has 1 amide bonds. The molecule has 1 aliphatic heterocycles. The van der Waals surface area contributed by atoms with Crippen LogP contribution in [-0.2, 0) is 19.3 Å². The fraction of sp³-hybridized carbons (Fsp3) is 0.955. The second-order valence-electron chi connectivity index (χ2n) is 11.1. The summed E-state index contributed by atoms with van der Waals surface area (Å²) in [5, 5.41) is 2.96. The van der Waals surface area contributed by atoms with Crippen LogP contribution < -0.4 is 11.1 Å². The zero-order valence-electron chi connectivity index (χ0n) is 17.4.